The van der Waals surface area contributed by atoms with E-state index in [9.17, 15) is 24.5 Å². The van der Waals surface area contributed by atoms with Gasteiger partial charge in [-0.15, -0.1) is 0 Å². The second-order valence-electron chi connectivity index (χ2n) is 7.62. The third-order valence-corrected chi connectivity index (χ3v) is 5.28. The molecular formula is C25H21Cl2N3O7. The molecule has 3 aromatic rings. The minimum absolute atomic E-state index is 0.0631. The number of halogens is 2. The molecule has 0 saturated carbocycles. The first-order chi connectivity index (χ1) is 17.7. The van der Waals surface area contributed by atoms with Crippen LogP contribution in [-0.2, 0) is 19.1 Å². The van der Waals surface area contributed by atoms with Crippen molar-refractivity contribution >= 4 is 58.0 Å². The van der Waals surface area contributed by atoms with Crippen LogP contribution in [0.2, 0.25) is 10.0 Å². The van der Waals surface area contributed by atoms with E-state index in [1.54, 1.807) is 42.5 Å². The fourth-order valence-corrected chi connectivity index (χ4v) is 3.47. The molecule has 0 heterocycles. The number of nitrogens with zero attached hydrogens (tertiary/aromatic N) is 1. The standard InChI is InChI=1S/C25H21Cl2N3O7/c26-16-7-12-22(21(27)13-16)37-20-10-8-17(9-11-20)28-23(31)5-2-6-25(33)36-15-24(32)29-18-3-1-4-19(14-18)30(34)35/h1,3-4,7-14H,2,5-6,15H2,(H,28,31)(H,29,32). The van der Waals surface area contributed by atoms with Crippen molar-refractivity contribution in [2.24, 2.45) is 0 Å². The summed E-state index contributed by atoms with van der Waals surface area (Å²) in [6.07, 6.45) is 0.215. The Balaban J connectivity index is 1.35. The van der Waals surface area contributed by atoms with E-state index < -0.39 is 23.4 Å². The van der Waals surface area contributed by atoms with Crippen LogP contribution in [0, 0.1) is 10.1 Å². The van der Waals surface area contributed by atoms with Crippen LogP contribution in [0.1, 0.15) is 19.3 Å². The van der Waals surface area contributed by atoms with Crippen molar-refractivity contribution in [2.45, 2.75) is 19.3 Å². The number of nitro groups is 1. The average molecular weight is 546 g/mol. The zero-order valence-corrected chi connectivity index (χ0v) is 20.8. The van der Waals surface area contributed by atoms with Crippen LogP contribution in [-0.4, -0.2) is 29.3 Å². The first-order valence-electron chi connectivity index (χ1n) is 10.9. The molecule has 0 unspecified atom stereocenters. The van der Waals surface area contributed by atoms with E-state index in [1.807, 2.05) is 0 Å². The molecule has 0 saturated heterocycles. The van der Waals surface area contributed by atoms with E-state index >= 15 is 0 Å². The van der Waals surface area contributed by atoms with Gasteiger partial charge in [-0.2, -0.15) is 0 Å². The fourth-order valence-electron chi connectivity index (χ4n) is 3.02. The molecule has 2 N–H and O–H groups in total. The molecule has 0 aliphatic carbocycles. The maximum Gasteiger partial charge on any atom is 0.306 e. The molecular weight excluding hydrogens is 525 g/mol. The van der Waals surface area contributed by atoms with Crippen molar-refractivity contribution < 1.29 is 28.8 Å². The molecule has 0 aliphatic rings. The lowest BCUT2D eigenvalue weighted by Crippen LogP contribution is -2.21. The van der Waals surface area contributed by atoms with E-state index in [0.29, 0.717) is 27.2 Å². The summed E-state index contributed by atoms with van der Waals surface area (Å²) in [5.74, 6) is -0.636. The molecule has 12 heteroatoms. The Labute approximate surface area is 221 Å². The summed E-state index contributed by atoms with van der Waals surface area (Å²) >= 11 is 12.0. The van der Waals surface area contributed by atoms with Crippen LogP contribution in [0.15, 0.2) is 66.7 Å². The van der Waals surface area contributed by atoms with Gasteiger partial charge in [-0.3, -0.25) is 24.5 Å². The van der Waals surface area contributed by atoms with E-state index in [4.69, 9.17) is 32.7 Å². The van der Waals surface area contributed by atoms with E-state index in [-0.39, 0.29) is 36.5 Å². The minimum Gasteiger partial charge on any atom is -0.456 e. The molecule has 0 bridgehead atoms. The molecule has 0 fully saturated rings. The van der Waals surface area contributed by atoms with Gasteiger partial charge in [0.15, 0.2) is 6.61 Å². The Morgan fingerprint density at radius 2 is 1.59 bits per heavy atom. The van der Waals surface area contributed by atoms with Crippen molar-refractivity contribution in [3.8, 4) is 11.5 Å². The summed E-state index contributed by atoms with van der Waals surface area (Å²) in [4.78, 5) is 46.1. The SMILES string of the molecule is O=C(CCCC(=O)OCC(=O)Nc1cccc([N+](=O)[O-])c1)Nc1ccc(Oc2ccc(Cl)cc2Cl)cc1. The fraction of sp³-hybridized carbons (Fsp3) is 0.160. The Bertz CT molecular complexity index is 1300. The molecule has 2 amide bonds. The third-order valence-electron chi connectivity index (χ3n) is 4.75. The van der Waals surface area contributed by atoms with Gasteiger partial charge in [-0.1, -0.05) is 29.3 Å². The number of rotatable bonds is 11. The molecule has 0 aromatic heterocycles. The van der Waals surface area contributed by atoms with Gasteiger partial charge in [-0.05, 0) is 55.0 Å². The number of carbonyl (C=O) groups excluding carboxylic acids is 3. The van der Waals surface area contributed by atoms with Crippen molar-refractivity contribution in [3.05, 3.63) is 86.9 Å². The lowest BCUT2D eigenvalue weighted by molar-refractivity contribution is -0.384. The summed E-state index contributed by atoms with van der Waals surface area (Å²) in [7, 11) is 0. The monoisotopic (exact) mass is 545 g/mol. The van der Waals surface area contributed by atoms with Crippen LogP contribution in [0.4, 0.5) is 17.1 Å². The lowest BCUT2D eigenvalue weighted by atomic mass is 10.2. The maximum atomic E-state index is 12.2. The van der Waals surface area contributed by atoms with E-state index in [1.165, 1.54) is 24.3 Å². The number of hydrogen-bond acceptors (Lipinski definition) is 7. The second kappa shape index (κ2) is 13.2. The number of amides is 2. The molecule has 192 valence electrons. The summed E-state index contributed by atoms with van der Waals surface area (Å²) in [5, 5.41) is 16.8. The van der Waals surface area contributed by atoms with Gasteiger partial charge in [0.1, 0.15) is 11.5 Å². The molecule has 0 radical (unpaired) electrons. The summed E-state index contributed by atoms with van der Waals surface area (Å²) in [6, 6.07) is 16.9. The number of ether oxygens (including phenoxy) is 2. The quantitative estimate of drug-likeness (QED) is 0.171. The molecule has 3 aromatic carbocycles. The number of esters is 1. The predicted octanol–water partition coefficient (Wildman–Crippen LogP) is 5.98. The van der Waals surface area contributed by atoms with E-state index in [2.05, 4.69) is 10.6 Å². The number of nitrogens with one attached hydrogen (secondary N) is 2. The van der Waals surface area contributed by atoms with Crippen molar-refractivity contribution in [1.82, 2.24) is 0 Å². The normalized spacial score (nSPS) is 10.3. The Hall–Kier alpha value is -4.15. The first kappa shape index (κ1) is 27.4. The van der Waals surface area contributed by atoms with Crippen molar-refractivity contribution in [1.29, 1.82) is 0 Å². The summed E-state index contributed by atoms with van der Waals surface area (Å²) in [5.41, 5.74) is 0.570. The Morgan fingerprint density at radius 1 is 0.865 bits per heavy atom. The number of nitro benzene ring substituents is 1. The van der Waals surface area contributed by atoms with Crippen LogP contribution in [0.5, 0.6) is 11.5 Å². The highest BCUT2D eigenvalue weighted by Crippen LogP contribution is 2.32. The van der Waals surface area contributed by atoms with Crippen LogP contribution in [0.25, 0.3) is 0 Å². The Kier molecular flexibility index (Phi) is 9.82. The van der Waals surface area contributed by atoms with Gasteiger partial charge in [-0.25, -0.2) is 0 Å². The number of anilines is 2. The van der Waals surface area contributed by atoms with Crippen LogP contribution >= 0.6 is 23.2 Å². The largest absolute Gasteiger partial charge is 0.456 e. The molecule has 0 aliphatic heterocycles. The first-order valence-corrected chi connectivity index (χ1v) is 11.7. The number of carbonyl (C=O) groups is 3. The molecule has 37 heavy (non-hydrogen) atoms. The molecule has 0 atom stereocenters. The van der Waals surface area contributed by atoms with Crippen LogP contribution in [0.3, 0.4) is 0 Å². The molecule has 3 rings (SSSR count). The van der Waals surface area contributed by atoms with Gasteiger partial charge in [0, 0.05) is 41.4 Å². The summed E-state index contributed by atoms with van der Waals surface area (Å²) in [6.45, 7) is -0.552. The third kappa shape index (κ3) is 9.10. The van der Waals surface area contributed by atoms with Gasteiger partial charge >= 0.3 is 5.97 Å². The van der Waals surface area contributed by atoms with E-state index in [0.717, 1.165) is 0 Å². The highest BCUT2D eigenvalue weighted by atomic mass is 35.5. The number of hydrogen-bond donors (Lipinski definition) is 2. The number of non-ortho nitro benzene ring substituents is 1. The van der Waals surface area contributed by atoms with Crippen molar-refractivity contribution in [2.75, 3.05) is 17.2 Å². The van der Waals surface area contributed by atoms with Crippen molar-refractivity contribution in [3.63, 3.8) is 0 Å². The van der Waals surface area contributed by atoms with Gasteiger partial charge in [0.2, 0.25) is 5.91 Å². The minimum atomic E-state index is -0.649. The highest BCUT2D eigenvalue weighted by Gasteiger charge is 2.12. The number of benzene rings is 3. The lowest BCUT2D eigenvalue weighted by Gasteiger charge is -2.09. The van der Waals surface area contributed by atoms with Gasteiger partial charge < -0.3 is 20.1 Å². The zero-order valence-electron chi connectivity index (χ0n) is 19.2. The average Bonchev–Trinajstić information content (AvgIpc) is 2.86. The maximum absolute atomic E-state index is 12.2. The molecule has 0 spiro atoms. The molecule has 10 nitrogen and oxygen atoms in total. The smallest absolute Gasteiger partial charge is 0.306 e. The topological polar surface area (TPSA) is 137 Å². The Morgan fingerprint density at radius 3 is 2.30 bits per heavy atom. The highest BCUT2D eigenvalue weighted by molar-refractivity contribution is 6.35. The zero-order chi connectivity index (χ0) is 26.8. The van der Waals surface area contributed by atoms with Gasteiger partial charge in [0.05, 0.1) is 9.95 Å². The summed E-state index contributed by atoms with van der Waals surface area (Å²) < 4.78 is 10.6. The van der Waals surface area contributed by atoms with Gasteiger partial charge in [0.25, 0.3) is 11.6 Å². The predicted molar refractivity (Wildman–Crippen MR) is 138 cm³/mol. The van der Waals surface area contributed by atoms with Crippen LogP contribution < -0.4 is 15.4 Å². The second-order valence-corrected chi connectivity index (χ2v) is 8.46.